The average molecular weight is 375 g/mol. The van der Waals surface area contributed by atoms with Crippen LogP contribution in [0.25, 0.3) is 11.0 Å². The van der Waals surface area contributed by atoms with Crippen molar-refractivity contribution < 1.29 is 13.2 Å². The van der Waals surface area contributed by atoms with Crippen LogP contribution in [0.5, 0.6) is 5.75 Å². The van der Waals surface area contributed by atoms with Crippen molar-refractivity contribution in [1.82, 2.24) is 15.0 Å². The summed E-state index contributed by atoms with van der Waals surface area (Å²) in [6.07, 6.45) is 3.04. The average Bonchev–Trinajstić information content (AvgIpc) is 2.96. The molecule has 0 aliphatic rings. The molecule has 0 aliphatic carbocycles. The zero-order valence-corrected chi connectivity index (χ0v) is 15.9. The Morgan fingerprint density at radius 2 is 2.04 bits per heavy atom. The quantitative estimate of drug-likeness (QED) is 0.608. The second-order valence-corrected chi connectivity index (χ2v) is 7.90. The molecule has 3 N–H and O–H groups in total. The van der Waals surface area contributed by atoms with Gasteiger partial charge in [0.25, 0.3) is 0 Å². The van der Waals surface area contributed by atoms with Crippen molar-refractivity contribution in [2.45, 2.75) is 18.7 Å². The Kier molecular flexibility index (Phi) is 4.73. The van der Waals surface area contributed by atoms with E-state index in [1.807, 2.05) is 20.0 Å². The first-order valence-corrected chi connectivity index (χ1v) is 9.97. The summed E-state index contributed by atoms with van der Waals surface area (Å²) in [7, 11) is -1.84. The van der Waals surface area contributed by atoms with E-state index in [2.05, 4.69) is 25.6 Å². The molecule has 2 heterocycles. The third-order valence-electron chi connectivity index (χ3n) is 3.92. The van der Waals surface area contributed by atoms with E-state index in [0.29, 0.717) is 23.0 Å². The SMILES string of the molecule is CCNc1nc(Nc2ccc(S(C)(=O)=O)cc2OC)nc2[nH]cc(C)c12. The molecule has 0 spiro atoms. The van der Waals surface area contributed by atoms with Crippen LogP contribution in [0, 0.1) is 6.92 Å². The molecule has 3 rings (SSSR count). The van der Waals surface area contributed by atoms with Crippen molar-refractivity contribution in [2.75, 3.05) is 30.5 Å². The molecule has 0 amide bonds. The molecule has 0 fully saturated rings. The fourth-order valence-corrected chi connectivity index (χ4v) is 3.30. The first-order chi connectivity index (χ1) is 12.3. The Labute approximate surface area is 151 Å². The number of rotatable bonds is 6. The van der Waals surface area contributed by atoms with Crippen molar-refractivity contribution in [2.24, 2.45) is 0 Å². The van der Waals surface area contributed by atoms with E-state index in [9.17, 15) is 8.42 Å². The zero-order chi connectivity index (χ0) is 18.9. The molecule has 9 heteroatoms. The Balaban J connectivity index is 2.03. The van der Waals surface area contributed by atoms with Gasteiger partial charge in [0.15, 0.2) is 9.84 Å². The summed E-state index contributed by atoms with van der Waals surface area (Å²) in [6.45, 7) is 4.71. The molecular formula is C17H21N5O3S. The normalized spacial score (nSPS) is 11.5. The number of hydrogen-bond donors (Lipinski definition) is 3. The van der Waals surface area contributed by atoms with E-state index in [1.165, 1.54) is 19.2 Å². The van der Waals surface area contributed by atoms with Gasteiger partial charge in [-0.1, -0.05) is 0 Å². The Hall–Kier alpha value is -2.81. The summed E-state index contributed by atoms with van der Waals surface area (Å²) < 4.78 is 28.8. The highest BCUT2D eigenvalue weighted by atomic mass is 32.2. The van der Waals surface area contributed by atoms with Gasteiger partial charge in [-0.2, -0.15) is 9.97 Å². The minimum atomic E-state index is -3.32. The first-order valence-electron chi connectivity index (χ1n) is 8.08. The van der Waals surface area contributed by atoms with E-state index >= 15 is 0 Å². The molecule has 1 aromatic carbocycles. The van der Waals surface area contributed by atoms with E-state index in [0.717, 1.165) is 29.6 Å². The van der Waals surface area contributed by atoms with E-state index in [4.69, 9.17) is 4.74 Å². The largest absolute Gasteiger partial charge is 0.495 e. The number of anilines is 3. The number of nitrogens with zero attached hydrogens (tertiary/aromatic N) is 2. The van der Waals surface area contributed by atoms with Gasteiger partial charge in [-0.15, -0.1) is 0 Å². The minimum absolute atomic E-state index is 0.185. The van der Waals surface area contributed by atoms with Crippen LogP contribution in [-0.4, -0.2) is 43.3 Å². The first kappa shape index (κ1) is 18.0. The molecule has 0 saturated carbocycles. The minimum Gasteiger partial charge on any atom is -0.495 e. The van der Waals surface area contributed by atoms with Crippen molar-refractivity contribution in [3.8, 4) is 5.75 Å². The summed E-state index contributed by atoms with van der Waals surface area (Å²) in [5.41, 5.74) is 2.34. The predicted octanol–water partition coefficient (Wildman–Crippen LogP) is 2.85. The second kappa shape index (κ2) is 6.83. The summed E-state index contributed by atoms with van der Waals surface area (Å²) in [5.74, 6) is 1.50. The smallest absolute Gasteiger partial charge is 0.231 e. The number of methoxy groups -OCH3 is 1. The van der Waals surface area contributed by atoms with Crippen LogP contribution in [0.1, 0.15) is 12.5 Å². The third-order valence-corrected chi connectivity index (χ3v) is 5.03. The van der Waals surface area contributed by atoms with Gasteiger partial charge in [-0.05, 0) is 31.5 Å². The van der Waals surface area contributed by atoms with Gasteiger partial charge in [-0.25, -0.2) is 8.42 Å². The molecule has 0 radical (unpaired) electrons. The lowest BCUT2D eigenvalue weighted by molar-refractivity contribution is 0.415. The van der Waals surface area contributed by atoms with Crippen LogP contribution in [-0.2, 0) is 9.84 Å². The van der Waals surface area contributed by atoms with Gasteiger partial charge >= 0.3 is 0 Å². The maximum absolute atomic E-state index is 11.7. The lowest BCUT2D eigenvalue weighted by Gasteiger charge is -2.13. The predicted molar refractivity (Wildman–Crippen MR) is 102 cm³/mol. The zero-order valence-electron chi connectivity index (χ0n) is 15.0. The monoisotopic (exact) mass is 375 g/mol. The highest BCUT2D eigenvalue weighted by Gasteiger charge is 2.15. The van der Waals surface area contributed by atoms with Crippen LogP contribution in [0.3, 0.4) is 0 Å². The number of aryl methyl sites for hydroxylation is 1. The number of sulfone groups is 1. The number of benzene rings is 1. The summed E-state index contributed by atoms with van der Waals surface area (Å²) >= 11 is 0. The maximum atomic E-state index is 11.7. The van der Waals surface area contributed by atoms with Crippen LogP contribution in [0.4, 0.5) is 17.5 Å². The van der Waals surface area contributed by atoms with Crippen molar-refractivity contribution in [3.05, 3.63) is 30.0 Å². The molecule has 0 aliphatic heterocycles. The van der Waals surface area contributed by atoms with Gasteiger partial charge in [0.2, 0.25) is 5.95 Å². The van der Waals surface area contributed by atoms with E-state index < -0.39 is 9.84 Å². The van der Waals surface area contributed by atoms with Crippen molar-refractivity contribution >= 4 is 38.3 Å². The van der Waals surface area contributed by atoms with Gasteiger partial charge < -0.3 is 20.4 Å². The van der Waals surface area contributed by atoms with Crippen molar-refractivity contribution in [3.63, 3.8) is 0 Å². The van der Waals surface area contributed by atoms with Gasteiger partial charge in [0.1, 0.15) is 17.2 Å². The van der Waals surface area contributed by atoms with E-state index in [1.54, 1.807) is 6.07 Å². The topological polar surface area (TPSA) is 109 Å². The second-order valence-electron chi connectivity index (χ2n) is 5.88. The van der Waals surface area contributed by atoms with Crippen LogP contribution < -0.4 is 15.4 Å². The van der Waals surface area contributed by atoms with E-state index in [-0.39, 0.29) is 4.90 Å². The van der Waals surface area contributed by atoms with Crippen LogP contribution in [0.15, 0.2) is 29.3 Å². The number of nitrogens with one attached hydrogen (secondary N) is 3. The molecule has 0 unspecified atom stereocenters. The molecule has 0 saturated heterocycles. The number of fused-ring (bicyclic) bond motifs is 1. The maximum Gasteiger partial charge on any atom is 0.231 e. The molecule has 8 nitrogen and oxygen atoms in total. The van der Waals surface area contributed by atoms with Gasteiger partial charge in [0, 0.05) is 25.1 Å². The lowest BCUT2D eigenvalue weighted by Crippen LogP contribution is -2.06. The summed E-state index contributed by atoms with van der Waals surface area (Å²) in [6, 6.07) is 4.62. The molecule has 138 valence electrons. The van der Waals surface area contributed by atoms with Gasteiger partial charge in [0.05, 0.1) is 23.1 Å². The molecular weight excluding hydrogens is 354 g/mol. The summed E-state index contributed by atoms with van der Waals surface area (Å²) in [5, 5.41) is 7.28. The number of aromatic amines is 1. The number of H-pyrrole nitrogens is 1. The Morgan fingerprint density at radius 1 is 1.27 bits per heavy atom. The fourth-order valence-electron chi connectivity index (χ4n) is 2.66. The highest BCUT2D eigenvalue weighted by Crippen LogP contribution is 2.31. The Bertz CT molecular complexity index is 1060. The Morgan fingerprint density at radius 3 is 2.69 bits per heavy atom. The number of aromatic nitrogens is 3. The molecule has 0 bridgehead atoms. The van der Waals surface area contributed by atoms with Crippen LogP contribution in [0.2, 0.25) is 0 Å². The van der Waals surface area contributed by atoms with Crippen LogP contribution >= 0.6 is 0 Å². The highest BCUT2D eigenvalue weighted by molar-refractivity contribution is 7.90. The standard InChI is InChI=1S/C17H21N5O3S/c1-5-18-15-14-10(2)9-19-16(14)22-17(21-15)20-12-7-6-11(26(4,23)24)8-13(12)25-3/h6-9H,5H2,1-4H3,(H3,18,19,20,21,22). The van der Waals surface area contributed by atoms with Gasteiger partial charge in [-0.3, -0.25) is 0 Å². The van der Waals surface area contributed by atoms with Crippen molar-refractivity contribution in [1.29, 1.82) is 0 Å². The third kappa shape index (κ3) is 3.43. The molecule has 26 heavy (non-hydrogen) atoms. The fraction of sp³-hybridized carbons (Fsp3) is 0.294. The molecule has 3 aromatic rings. The summed E-state index contributed by atoms with van der Waals surface area (Å²) in [4.78, 5) is 12.3. The lowest BCUT2D eigenvalue weighted by atomic mass is 10.2. The number of hydrogen-bond acceptors (Lipinski definition) is 7. The molecule has 0 atom stereocenters. The number of ether oxygens (including phenoxy) is 1. The molecule has 2 aromatic heterocycles.